The number of esters is 1. The number of cyclic esters (lactones) is 1. The molecule has 2 saturated heterocycles. The van der Waals surface area contributed by atoms with Crippen molar-refractivity contribution in [1.82, 2.24) is 9.80 Å². The van der Waals surface area contributed by atoms with Gasteiger partial charge in [0.1, 0.15) is 23.7 Å². The molecule has 10 heteroatoms. The van der Waals surface area contributed by atoms with E-state index in [1.54, 1.807) is 29.0 Å². The molecule has 0 bridgehead atoms. The summed E-state index contributed by atoms with van der Waals surface area (Å²) in [6.45, 7) is 5.56. The van der Waals surface area contributed by atoms with Gasteiger partial charge in [-0.25, -0.2) is 0 Å². The molecule has 3 aromatic rings. The monoisotopic (exact) mass is 717 g/mol. The number of amides is 3. The summed E-state index contributed by atoms with van der Waals surface area (Å²) in [6, 6.07) is 22.2. The lowest BCUT2D eigenvalue weighted by molar-refractivity contribution is -0.164. The van der Waals surface area contributed by atoms with Crippen molar-refractivity contribution in [2.24, 2.45) is 11.8 Å². The van der Waals surface area contributed by atoms with Gasteiger partial charge in [-0.15, -0.1) is 0 Å². The minimum Gasteiger partial charge on any atom is -0.455 e. The maximum atomic E-state index is 15.2. The molecule has 0 unspecified atom stereocenters. The van der Waals surface area contributed by atoms with E-state index in [4.69, 9.17) is 9.47 Å². The smallest absolute Gasteiger partial charge is 0.313 e. The third kappa shape index (κ3) is 6.48. The summed E-state index contributed by atoms with van der Waals surface area (Å²) in [7, 11) is 1.71. The number of nitrogens with zero attached hydrogens (tertiary/aromatic N) is 3. The van der Waals surface area contributed by atoms with Crippen LogP contribution in [0.1, 0.15) is 48.1 Å². The van der Waals surface area contributed by atoms with Gasteiger partial charge < -0.3 is 29.3 Å². The summed E-state index contributed by atoms with van der Waals surface area (Å²) < 4.78 is 13.3. The van der Waals surface area contributed by atoms with Crippen molar-refractivity contribution in [2.45, 2.75) is 76.0 Å². The number of hydrogen-bond acceptors (Lipinski definition) is 7. The molecule has 10 nitrogen and oxygen atoms in total. The van der Waals surface area contributed by atoms with E-state index in [2.05, 4.69) is 0 Å². The number of likely N-dealkylation sites (N-methyl/N-ethyl adjacent to an activating group) is 1. The van der Waals surface area contributed by atoms with Crippen LogP contribution < -0.4 is 4.90 Å². The van der Waals surface area contributed by atoms with E-state index in [0.717, 1.165) is 16.7 Å². The molecule has 0 saturated carbocycles. The molecule has 2 fully saturated rings. The minimum atomic E-state index is -1.55. The normalized spacial score (nSPS) is 30.1. The first-order chi connectivity index (χ1) is 25.6. The maximum absolute atomic E-state index is 15.2. The quantitative estimate of drug-likeness (QED) is 0.286. The molecule has 1 spiro atoms. The predicted octanol–water partition coefficient (Wildman–Crippen LogP) is 4.87. The highest BCUT2D eigenvalue weighted by Crippen LogP contribution is 2.54. The Kier molecular flexibility index (Phi) is 10.1. The largest absolute Gasteiger partial charge is 0.455 e. The number of anilines is 1. The second-order valence-corrected chi connectivity index (χ2v) is 14.7. The molecule has 0 aromatic heterocycles. The molecular formula is C43H47N3O7. The van der Waals surface area contributed by atoms with Gasteiger partial charge in [-0.05, 0) is 61.9 Å². The fourth-order valence-corrected chi connectivity index (χ4v) is 8.58. The Morgan fingerprint density at radius 3 is 2.36 bits per heavy atom. The van der Waals surface area contributed by atoms with Crippen molar-refractivity contribution in [2.75, 3.05) is 25.1 Å². The van der Waals surface area contributed by atoms with Crippen LogP contribution in [0.15, 0.2) is 103 Å². The number of benzene rings is 3. The number of aryl methyl sites for hydroxylation is 2. The number of likely N-dealkylation sites (tertiary alicyclic amines) is 1. The van der Waals surface area contributed by atoms with Crippen molar-refractivity contribution in [3.63, 3.8) is 0 Å². The van der Waals surface area contributed by atoms with E-state index in [-0.39, 0.29) is 31.2 Å². The Bertz CT molecular complexity index is 1930. The van der Waals surface area contributed by atoms with Crippen LogP contribution in [-0.4, -0.2) is 88.6 Å². The van der Waals surface area contributed by atoms with E-state index in [9.17, 15) is 14.7 Å². The Labute approximate surface area is 310 Å². The molecule has 3 aromatic carbocycles. The molecule has 4 aliphatic heterocycles. The fourth-order valence-electron chi connectivity index (χ4n) is 8.58. The first-order valence-electron chi connectivity index (χ1n) is 18.4. The van der Waals surface area contributed by atoms with Crippen molar-refractivity contribution in [1.29, 1.82) is 0 Å². The molecule has 4 aliphatic rings. The van der Waals surface area contributed by atoms with Gasteiger partial charge in [-0.2, -0.15) is 0 Å². The topological polar surface area (TPSA) is 117 Å². The highest BCUT2D eigenvalue weighted by atomic mass is 16.6. The zero-order chi connectivity index (χ0) is 37.4. The molecule has 3 amide bonds. The molecule has 1 N–H and O–H groups in total. The second kappa shape index (κ2) is 14.8. The number of aliphatic hydroxyl groups excluding tert-OH is 1. The highest BCUT2D eigenvalue weighted by Gasteiger charge is 2.72. The summed E-state index contributed by atoms with van der Waals surface area (Å²) in [5.74, 6) is -3.81. The van der Waals surface area contributed by atoms with Crippen molar-refractivity contribution in [3.05, 3.63) is 125 Å². The Balaban J connectivity index is 1.36. The molecule has 276 valence electrons. The van der Waals surface area contributed by atoms with Crippen LogP contribution in [0.25, 0.3) is 0 Å². The summed E-state index contributed by atoms with van der Waals surface area (Å²) in [4.78, 5) is 63.2. The van der Waals surface area contributed by atoms with Crippen LogP contribution in [0, 0.1) is 25.7 Å². The van der Waals surface area contributed by atoms with Crippen LogP contribution in [0.2, 0.25) is 0 Å². The molecular weight excluding hydrogens is 670 g/mol. The van der Waals surface area contributed by atoms with E-state index < -0.39 is 66.3 Å². The van der Waals surface area contributed by atoms with Gasteiger partial charge in [0.25, 0.3) is 5.91 Å². The molecule has 7 rings (SSSR count). The zero-order valence-corrected chi connectivity index (χ0v) is 30.6. The number of rotatable bonds is 6. The average Bonchev–Trinajstić information content (AvgIpc) is 3.56. The SMILES string of the molecule is Cc1ccc(C)c(N2CC=C[C@@]34O[C@H]5/C=C\CCC(=O)N(C)[C@@H](C)[C@H](c6ccccc6)OC(=O)[C@H]5[C@@H]3C(=O)N([C@@H](CO)Cc3ccccc3)[C@H]4C2=O)c1. The summed E-state index contributed by atoms with van der Waals surface area (Å²) in [5.41, 5.74) is 2.63. The zero-order valence-electron chi connectivity index (χ0n) is 30.6. The lowest BCUT2D eigenvalue weighted by Crippen LogP contribution is -2.58. The van der Waals surface area contributed by atoms with Gasteiger partial charge >= 0.3 is 5.97 Å². The molecule has 8 atom stereocenters. The third-order valence-electron chi connectivity index (χ3n) is 11.4. The minimum absolute atomic E-state index is 0.0952. The average molecular weight is 718 g/mol. The molecule has 0 radical (unpaired) electrons. The van der Waals surface area contributed by atoms with Crippen LogP contribution in [0.5, 0.6) is 0 Å². The molecule has 4 heterocycles. The van der Waals surface area contributed by atoms with Gasteiger partial charge in [-0.3, -0.25) is 19.2 Å². The van der Waals surface area contributed by atoms with Gasteiger partial charge in [-0.1, -0.05) is 97.1 Å². The Morgan fingerprint density at radius 2 is 1.64 bits per heavy atom. The number of ether oxygens (including phenoxy) is 2. The Hall–Kier alpha value is -5.06. The van der Waals surface area contributed by atoms with Gasteiger partial charge in [0, 0.05) is 25.7 Å². The van der Waals surface area contributed by atoms with E-state index in [1.807, 2.05) is 112 Å². The lowest BCUT2D eigenvalue weighted by atomic mass is 9.77. The highest BCUT2D eigenvalue weighted by molar-refractivity contribution is 6.06. The third-order valence-corrected chi connectivity index (χ3v) is 11.4. The number of carbonyl (C=O) groups is 4. The van der Waals surface area contributed by atoms with Crippen LogP contribution in [0.4, 0.5) is 5.69 Å². The second-order valence-electron chi connectivity index (χ2n) is 14.7. The number of aliphatic hydroxyl groups is 1. The first-order valence-corrected chi connectivity index (χ1v) is 18.4. The summed E-state index contributed by atoms with van der Waals surface area (Å²) in [6.07, 6.45) is 6.34. The number of carbonyl (C=O) groups excluding carboxylic acids is 4. The van der Waals surface area contributed by atoms with Crippen molar-refractivity contribution in [3.8, 4) is 0 Å². The van der Waals surface area contributed by atoms with Crippen molar-refractivity contribution < 1.29 is 33.8 Å². The molecule has 53 heavy (non-hydrogen) atoms. The van der Waals surface area contributed by atoms with E-state index in [0.29, 0.717) is 17.7 Å². The van der Waals surface area contributed by atoms with Crippen LogP contribution in [0.3, 0.4) is 0 Å². The predicted molar refractivity (Wildman–Crippen MR) is 200 cm³/mol. The number of hydrogen-bond donors (Lipinski definition) is 1. The van der Waals surface area contributed by atoms with Gasteiger partial charge in [0.15, 0.2) is 0 Å². The van der Waals surface area contributed by atoms with E-state index in [1.165, 1.54) is 4.90 Å². The first kappa shape index (κ1) is 36.3. The molecule has 0 aliphatic carbocycles. The van der Waals surface area contributed by atoms with Crippen LogP contribution >= 0.6 is 0 Å². The lowest BCUT2D eigenvalue weighted by Gasteiger charge is -2.39. The van der Waals surface area contributed by atoms with E-state index >= 15 is 9.59 Å². The maximum Gasteiger partial charge on any atom is 0.313 e. The number of allylic oxidation sites excluding steroid dienone is 1. The van der Waals surface area contributed by atoms with Gasteiger partial charge in [0.2, 0.25) is 11.8 Å². The fraction of sp³-hybridized carbons (Fsp3) is 0.395. The number of fused-ring (bicyclic) bond motifs is 2. The summed E-state index contributed by atoms with van der Waals surface area (Å²) >= 11 is 0. The van der Waals surface area contributed by atoms with Gasteiger partial charge in [0.05, 0.1) is 30.7 Å². The van der Waals surface area contributed by atoms with Crippen molar-refractivity contribution >= 4 is 29.4 Å². The summed E-state index contributed by atoms with van der Waals surface area (Å²) in [5, 5.41) is 11.0. The standard InChI is InChI=1S/C43H47N3O7/c1-27-20-21-28(2)33(24-27)45-23-13-22-43-37(40(49)46(39(43)41(45)50)32(26-47)25-30-14-7-5-8-15-30)36-34(53-43)18-11-12-19-35(48)44(4)29(3)38(52-42(36)51)31-16-9-6-10-17-31/h5-11,13-18,20-22,24,29,32,34,36-39,47H,12,19,23,25-26H2,1-4H3/b18-11-/t29-,32+,34-,36+,37+,38+,39-,43+/m0/s1. The van der Waals surface area contributed by atoms with Crippen LogP contribution in [-0.2, 0) is 35.1 Å². The Morgan fingerprint density at radius 1 is 0.925 bits per heavy atom.